The molecule has 2 aromatic heterocycles. The molecule has 0 aliphatic rings. The predicted molar refractivity (Wildman–Crippen MR) is 108 cm³/mol. The van der Waals surface area contributed by atoms with Crippen molar-refractivity contribution in [2.75, 3.05) is 25.3 Å². The van der Waals surface area contributed by atoms with Crippen LogP contribution in [0.4, 0.5) is 5.13 Å². The number of hydrogen-bond donors (Lipinski definition) is 1. The minimum absolute atomic E-state index is 0.167. The molecule has 0 atom stereocenters. The van der Waals surface area contributed by atoms with Gasteiger partial charge in [0.25, 0.3) is 0 Å². The SMILES string of the molecule is C=CCn1c(SCC(=O)Nc2nncs2)nnc1-c1ccc(OC)c(OC)c1. The third kappa shape index (κ3) is 4.49. The molecule has 1 amide bonds. The number of methoxy groups -OCH3 is 2. The lowest BCUT2D eigenvalue weighted by atomic mass is 10.2. The van der Waals surface area contributed by atoms with Crippen LogP contribution in [-0.4, -0.2) is 50.8 Å². The van der Waals surface area contributed by atoms with Crippen molar-refractivity contribution in [2.45, 2.75) is 11.7 Å². The van der Waals surface area contributed by atoms with Crippen LogP contribution in [0.15, 0.2) is 41.5 Å². The molecule has 0 bridgehead atoms. The molecule has 3 rings (SSSR count). The molecule has 0 unspecified atom stereocenters. The van der Waals surface area contributed by atoms with Gasteiger partial charge < -0.3 is 9.47 Å². The van der Waals surface area contributed by atoms with Crippen LogP contribution in [0, 0.1) is 0 Å². The lowest BCUT2D eigenvalue weighted by Gasteiger charge is -2.11. The molecule has 0 saturated heterocycles. The molecule has 0 radical (unpaired) electrons. The summed E-state index contributed by atoms with van der Waals surface area (Å²) in [5.74, 6) is 1.85. The number of amides is 1. The van der Waals surface area contributed by atoms with Gasteiger partial charge in [0, 0.05) is 12.1 Å². The summed E-state index contributed by atoms with van der Waals surface area (Å²) in [6.45, 7) is 4.29. The standard InChI is InChI=1S/C17H18N6O3S2/c1-4-7-23-15(11-5-6-12(25-2)13(8-11)26-3)20-22-17(23)27-9-14(24)19-16-21-18-10-28-16/h4-6,8,10H,1,7,9H2,2-3H3,(H,19,21,24). The fourth-order valence-electron chi connectivity index (χ4n) is 2.39. The number of benzene rings is 1. The van der Waals surface area contributed by atoms with E-state index in [1.54, 1.807) is 25.8 Å². The highest BCUT2D eigenvalue weighted by Crippen LogP contribution is 2.32. The Morgan fingerprint density at radius 1 is 1.29 bits per heavy atom. The summed E-state index contributed by atoms with van der Waals surface area (Å²) >= 11 is 2.54. The average molecular weight is 419 g/mol. The van der Waals surface area contributed by atoms with Gasteiger partial charge in [-0.15, -0.1) is 27.0 Å². The minimum atomic E-state index is -0.192. The first-order valence-corrected chi connectivity index (χ1v) is 9.98. The summed E-state index contributed by atoms with van der Waals surface area (Å²) in [5, 5.41) is 19.7. The van der Waals surface area contributed by atoms with Crippen molar-refractivity contribution in [3.63, 3.8) is 0 Å². The van der Waals surface area contributed by atoms with E-state index in [2.05, 4.69) is 32.3 Å². The van der Waals surface area contributed by atoms with Crippen LogP contribution in [0.5, 0.6) is 11.5 Å². The summed E-state index contributed by atoms with van der Waals surface area (Å²) in [4.78, 5) is 12.1. The number of ether oxygens (including phenoxy) is 2. The van der Waals surface area contributed by atoms with Gasteiger partial charge in [0.15, 0.2) is 22.5 Å². The van der Waals surface area contributed by atoms with E-state index in [0.717, 1.165) is 5.56 Å². The first-order valence-electron chi connectivity index (χ1n) is 8.11. The molecule has 1 aromatic carbocycles. The van der Waals surface area contributed by atoms with Gasteiger partial charge in [-0.2, -0.15) is 0 Å². The van der Waals surface area contributed by atoms with E-state index >= 15 is 0 Å². The normalized spacial score (nSPS) is 10.5. The molecule has 11 heteroatoms. The molecular weight excluding hydrogens is 400 g/mol. The summed E-state index contributed by atoms with van der Waals surface area (Å²) < 4.78 is 12.5. The van der Waals surface area contributed by atoms with Gasteiger partial charge in [-0.25, -0.2) is 0 Å². The van der Waals surface area contributed by atoms with E-state index in [4.69, 9.17) is 9.47 Å². The lowest BCUT2D eigenvalue weighted by molar-refractivity contribution is -0.113. The maximum absolute atomic E-state index is 12.1. The molecule has 1 N–H and O–H groups in total. The highest BCUT2D eigenvalue weighted by atomic mass is 32.2. The van der Waals surface area contributed by atoms with Crippen molar-refractivity contribution in [3.8, 4) is 22.9 Å². The van der Waals surface area contributed by atoms with Gasteiger partial charge in [-0.1, -0.05) is 29.2 Å². The number of carbonyl (C=O) groups is 1. The summed E-state index contributed by atoms with van der Waals surface area (Å²) in [6.07, 6.45) is 1.75. The number of aromatic nitrogens is 5. The fraction of sp³-hybridized carbons (Fsp3) is 0.235. The Kier molecular flexibility index (Phi) is 6.61. The van der Waals surface area contributed by atoms with Gasteiger partial charge in [-0.05, 0) is 18.2 Å². The monoisotopic (exact) mass is 418 g/mol. The zero-order valence-corrected chi connectivity index (χ0v) is 16.9. The third-order valence-electron chi connectivity index (χ3n) is 3.61. The third-order valence-corrected chi connectivity index (χ3v) is 5.18. The number of carbonyl (C=O) groups excluding carboxylic acids is 1. The zero-order valence-electron chi connectivity index (χ0n) is 15.3. The van der Waals surface area contributed by atoms with Crippen molar-refractivity contribution in [1.82, 2.24) is 25.0 Å². The van der Waals surface area contributed by atoms with Crippen LogP contribution in [0.25, 0.3) is 11.4 Å². The predicted octanol–water partition coefficient (Wildman–Crippen LogP) is 2.73. The molecular formula is C17H18N6O3S2. The number of hydrogen-bond acceptors (Lipinski definition) is 9. The maximum Gasteiger partial charge on any atom is 0.236 e. The number of anilines is 1. The Labute approximate surface area is 169 Å². The van der Waals surface area contributed by atoms with E-state index in [0.29, 0.717) is 34.2 Å². The number of thioether (sulfide) groups is 1. The first kappa shape index (κ1) is 19.8. The Balaban J connectivity index is 1.79. The number of allylic oxidation sites excluding steroid dienone is 1. The molecule has 0 spiro atoms. The van der Waals surface area contributed by atoms with Gasteiger partial charge in [-0.3, -0.25) is 14.7 Å². The topological polar surface area (TPSA) is 104 Å². The van der Waals surface area contributed by atoms with E-state index in [1.165, 1.54) is 23.1 Å². The molecule has 0 aliphatic carbocycles. The second-order valence-corrected chi connectivity index (χ2v) is 7.13. The molecule has 0 fully saturated rings. The Morgan fingerprint density at radius 3 is 2.79 bits per heavy atom. The molecule has 2 heterocycles. The van der Waals surface area contributed by atoms with E-state index < -0.39 is 0 Å². The molecule has 0 aliphatic heterocycles. The van der Waals surface area contributed by atoms with Crippen molar-refractivity contribution in [1.29, 1.82) is 0 Å². The first-order chi connectivity index (χ1) is 13.7. The number of nitrogens with one attached hydrogen (secondary N) is 1. The van der Waals surface area contributed by atoms with Crippen molar-refractivity contribution in [2.24, 2.45) is 0 Å². The molecule has 3 aromatic rings. The van der Waals surface area contributed by atoms with Gasteiger partial charge in [0.05, 0.1) is 20.0 Å². The van der Waals surface area contributed by atoms with E-state index in [-0.39, 0.29) is 11.7 Å². The maximum atomic E-state index is 12.1. The second-order valence-electron chi connectivity index (χ2n) is 5.36. The van der Waals surface area contributed by atoms with Crippen LogP contribution in [0.2, 0.25) is 0 Å². The fourth-order valence-corrected chi connectivity index (χ4v) is 3.60. The van der Waals surface area contributed by atoms with Gasteiger partial charge in [0.2, 0.25) is 11.0 Å². The highest BCUT2D eigenvalue weighted by Gasteiger charge is 2.17. The zero-order chi connectivity index (χ0) is 19.9. The molecule has 9 nitrogen and oxygen atoms in total. The molecule has 28 heavy (non-hydrogen) atoms. The van der Waals surface area contributed by atoms with Gasteiger partial charge >= 0.3 is 0 Å². The van der Waals surface area contributed by atoms with E-state index in [1.807, 2.05) is 22.8 Å². The van der Waals surface area contributed by atoms with Crippen molar-refractivity contribution >= 4 is 34.1 Å². The Hall–Kier alpha value is -2.92. The minimum Gasteiger partial charge on any atom is -0.493 e. The van der Waals surface area contributed by atoms with Crippen LogP contribution in [0.1, 0.15) is 0 Å². The quantitative estimate of drug-likeness (QED) is 0.418. The molecule has 146 valence electrons. The van der Waals surface area contributed by atoms with Crippen molar-refractivity contribution < 1.29 is 14.3 Å². The van der Waals surface area contributed by atoms with Crippen LogP contribution in [-0.2, 0) is 11.3 Å². The lowest BCUT2D eigenvalue weighted by Crippen LogP contribution is -2.14. The van der Waals surface area contributed by atoms with E-state index in [9.17, 15) is 4.79 Å². The van der Waals surface area contributed by atoms with Crippen LogP contribution in [0.3, 0.4) is 0 Å². The number of rotatable bonds is 9. The van der Waals surface area contributed by atoms with Crippen molar-refractivity contribution in [3.05, 3.63) is 36.4 Å². The van der Waals surface area contributed by atoms with Crippen LogP contribution < -0.4 is 14.8 Å². The Bertz CT molecular complexity index is 958. The summed E-state index contributed by atoms with van der Waals surface area (Å²) in [7, 11) is 3.16. The van der Waals surface area contributed by atoms with Crippen LogP contribution >= 0.6 is 23.1 Å². The summed E-state index contributed by atoms with van der Waals surface area (Å²) in [5.41, 5.74) is 2.37. The molecule has 0 saturated carbocycles. The summed E-state index contributed by atoms with van der Waals surface area (Å²) in [6, 6.07) is 5.52. The second kappa shape index (κ2) is 9.33. The largest absolute Gasteiger partial charge is 0.493 e. The van der Waals surface area contributed by atoms with Gasteiger partial charge in [0.1, 0.15) is 5.51 Å². The average Bonchev–Trinajstić information content (AvgIpc) is 3.36. The Morgan fingerprint density at radius 2 is 2.11 bits per heavy atom. The smallest absolute Gasteiger partial charge is 0.236 e. The highest BCUT2D eigenvalue weighted by molar-refractivity contribution is 7.99. The number of nitrogens with zero attached hydrogens (tertiary/aromatic N) is 5.